The number of pyridine rings is 1. The molecule has 4 aliphatic rings. The third-order valence-corrected chi connectivity index (χ3v) is 10.7. The molecule has 0 radical (unpaired) electrons. The molecule has 2 aromatic heterocycles. The molecule has 0 saturated carbocycles. The summed E-state index contributed by atoms with van der Waals surface area (Å²) in [6.45, 7) is 9.48. The molecule has 0 aliphatic carbocycles. The molecule has 4 aromatic rings. The molecule has 7 heteroatoms. The first-order valence-corrected chi connectivity index (χ1v) is 16.8. The molecular weight excluding hydrogens is 532 g/mol. The zero-order valence-corrected chi connectivity index (χ0v) is 25.7. The van der Waals surface area contributed by atoms with E-state index < -0.39 is 0 Å². The highest BCUT2D eigenvalue weighted by molar-refractivity contribution is 6.02. The number of aryl methyl sites for hydroxylation is 2. The largest absolute Gasteiger partial charge is 0.461 e. The Morgan fingerprint density at radius 1 is 0.977 bits per heavy atom. The van der Waals surface area contributed by atoms with Crippen LogP contribution in [0.15, 0.2) is 42.6 Å². The van der Waals surface area contributed by atoms with Gasteiger partial charge in [-0.15, -0.1) is 0 Å². The van der Waals surface area contributed by atoms with Gasteiger partial charge in [-0.25, -0.2) is 0 Å². The molecular formula is C36H44N6O. The highest BCUT2D eigenvalue weighted by Crippen LogP contribution is 2.41. The molecule has 6 heterocycles. The summed E-state index contributed by atoms with van der Waals surface area (Å²) in [7, 11) is 0. The number of hydrogen-bond donors (Lipinski definition) is 1. The Bertz CT molecular complexity index is 1640. The Morgan fingerprint density at radius 3 is 2.49 bits per heavy atom. The van der Waals surface area contributed by atoms with Crippen LogP contribution in [-0.2, 0) is 12.8 Å². The number of aromatic nitrogens is 3. The van der Waals surface area contributed by atoms with Crippen LogP contribution >= 0.6 is 0 Å². The molecule has 7 nitrogen and oxygen atoms in total. The number of fused-ring (bicyclic) bond motifs is 5. The first kappa shape index (κ1) is 27.3. The summed E-state index contributed by atoms with van der Waals surface area (Å²) < 4.78 is 6.64. The quantitative estimate of drug-likeness (QED) is 0.264. The third-order valence-electron chi connectivity index (χ3n) is 10.7. The summed E-state index contributed by atoms with van der Waals surface area (Å²) >= 11 is 0. The van der Waals surface area contributed by atoms with Gasteiger partial charge < -0.3 is 15.0 Å². The monoisotopic (exact) mass is 576 g/mol. The maximum Gasteiger partial charge on any atom is 0.319 e. The van der Waals surface area contributed by atoms with Crippen molar-refractivity contribution in [2.45, 2.75) is 89.3 Å². The van der Waals surface area contributed by atoms with Gasteiger partial charge in [0.2, 0.25) is 0 Å². The highest BCUT2D eigenvalue weighted by atomic mass is 16.5. The molecule has 1 N–H and O–H groups in total. The summed E-state index contributed by atoms with van der Waals surface area (Å²) in [6, 6.07) is 14.9. The topological polar surface area (TPSA) is 66.4 Å². The predicted molar refractivity (Wildman–Crippen MR) is 174 cm³/mol. The minimum absolute atomic E-state index is 0.155. The van der Waals surface area contributed by atoms with Crippen LogP contribution in [0.2, 0.25) is 0 Å². The van der Waals surface area contributed by atoms with E-state index in [0.29, 0.717) is 24.7 Å². The van der Waals surface area contributed by atoms with E-state index in [9.17, 15) is 0 Å². The number of nitrogens with zero attached hydrogens (tertiary/aromatic N) is 5. The minimum Gasteiger partial charge on any atom is -0.461 e. The first-order chi connectivity index (χ1) is 21.2. The van der Waals surface area contributed by atoms with Crippen molar-refractivity contribution in [2.24, 2.45) is 0 Å². The van der Waals surface area contributed by atoms with E-state index in [1.807, 2.05) is 6.20 Å². The number of anilines is 1. The Morgan fingerprint density at radius 2 is 1.74 bits per heavy atom. The van der Waals surface area contributed by atoms with Gasteiger partial charge in [-0.05, 0) is 80.8 Å². The average Bonchev–Trinajstić information content (AvgIpc) is 3.72. The van der Waals surface area contributed by atoms with Crippen LogP contribution in [0.5, 0.6) is 6.01 Å². The number of hydrogen-bond acceptors (Lipinski definition) is 7. The van der Waals surface area contributed by atoms with Crippen LogP contribution in [0.25, 0.3) is 32.9 Å². The lowest BCUT2D eigenvalue weighted by atomic mass is 9.92. The fourth-order valence-electron chi connectivity index (χ4n) is 8.70. The number of benzene rings is 2. The van der Waals surface area contributed by atoms with E-state index in [-0.39, 0.29) is 5.54 Å². The van der Waals surface area contributed by atoms with Crippen molar-refractivity contribution in [3.63, 3.8) is 0 Å². The molecule has 2 aromatic carbocycles. The van der Waals surface area contributed by atoms with Crippen LogP contribution in [0.1, 0.15) is 69.9 Å². The van der Waals surface area contributed by atoms with Crippen LogP contribution in [-0.4, -0.2) is 70.3 Å². The molecule has 224 valence electrons. The summed E-state index contributed by atoms with van der Waals surface area (Å²) in [4.78, 5) is 20.7. The van der Waals surface area contributed by atoms with Gasteiger partial charge in [-0.3, -0.25) is 9.88 Å². The average molecular weight is 577 g/mol. The summed E-state index contributed by atoms with van der Waals surface area (Å²) in [5.41, 5.74) is 5.97. The van der Waals surface area contributed by atoms with Gasteiger partial charge in [0.05, 0.1) is 22.1 Å². The minimum atomic E-state index is 0.155. The van der Waals surface area contributed by atoms with E-state index in [2.05, 4.69) is 65.4 Å². The van der Waals surface area contributed by atoms with Crippen molar-refractivity contribution >= 4 is 27.5 Å². The Balaban J connectivity index is 1.27. The summed E-state index contributed by atoms with van der Waals surface area (Å²) in [6.07, 6.45) is 12.5. The van der Waals surface area contributed by atoms with Crippen LogP contribution in [0, 0.1) is 0 Å². The van der Waals surface area contributed by atoms with Crippen LogP contribution < -0.4 is 15.0 Å². The standard InChI is InChI=1S/C36H44N6O/c1-3-9-24-10-5-11-25-12-6-13-29(31(24)25)32-28(4-2)33-30(20-37-32)34(41-21-26-14-15-27(22-41)38-26)40-35(39-33)43-23-36-16-7-18-42(36)19-8-17-36/h5-6,10-13,20,26-27,38H,3-4,7-9,14-19,21-23H2,1-2H3. The molecule has 4 aliphatic heterocycles. The van der Waals surface area contributed by atoms with Gasteiger partial charge >= 0.3 is 6.01 Å². The Labute approximate surface area is 255 Å². The fourth-order valence-corrected chi connectivity index (χ4v) is 8.70. The number of piperazine rings is 1. The Kier molecular flexibility index (Phi) is 6.98. The van der Waals surface area contributed by atoms with Gasteiger partial charge in [0.25, 0.3) is 0 Å². The lowest BCUT2D eigenvalue weighted by Crippen LogP contribution is -2.51. The van der Waals surface area contributed by atoms with Gasteiger partial charge in [-0.1, -0.05) is 56.7 Å². The van der Waals surface area contributed by atoms with Crippen molar-refractivity contribution < 1.29 is 4.74 Å². The second-order valence-electron chi connectivity index (χ2n) is 13.4. The lowest BCUT2D eigenvalue weighted by molar-refractivity contribution is 0.108. The summed E-state index contributed by atoms with van der Waals surface area (Å²) in [5.74, 6) is 0.990. The van der Waals surface area contributed by atoms with Crippen molar-refractivity contribution in [1.29, 1.82) is 0 Å². The molecule has 4 fully saturated rings. The SMILES string of the molecule is CCCc1cccc2cccc(-c3ncc4c(N5CC6CCC(C5)N6)nc(OCC56CCCN5CCC6)nc4c3CC)c12. The molecule has 2 unspecified atom stereocenters. The van der Waals surface area contributed by atoms with E-state index in [4.69, 9.17) is 19.7 Å². The number of ether oxygens (including phenoxy) is 1. The smallest absolute Gasteiger partial charge is 0.319 e. The molecule has 0 spiro atoms. The van der Waals surface area contributed by atoms with Crippen LogP contribution in [0.4, 0.5) is 5.82 Å². The van der Waals surface area contributed by atoms with Crippen LogP contribution in [0.3, 0.4) is 0 Å². The second-order valence-corrected chi connectivity index (χ2v) is 13.4. The van der Waals surface area contributed by atoms with E-state index >= 15 is 0 Å². The van der Waals surface area contributed by atoms with Crippen molar-refractivity contribution in [1.82, 2.24) is 25.2 Å². The van der Waals surface area contributed by atoms with Crippen molar-refractivity contribution in [3.8, 4) is 17.3 Å². The van der Waals surface area contributed by atoms with Gasteiger partial charge in [0.1, 0.15) is 12.4 Å². The third kappa shape index (κ3) is 4.67. The van der Waals surface area contributed by atoms with E-state index in [1.165, 1.54) is 79.1 Å². The van der Waals surface area contributed by atoms with Crippen molar-refractivity contribution in [3.05, 3.63) is 53.7 Å². The molecule has 43 heavy (non-hydrogen) atoms. The van der Waals surface area contributed by atoms with Crippen molar-refractivity contribution in [2.75, 3.05) is 37.7 Å². The normalized spacial score (nSPS) is 23.0. The maximum absolute atomic E-state index is 6.64. The lowest BCUT2D eigenvalue weighted by Gasteiger charge is -2.35. The molecule has 2 atom stereocenters. The molecule has 2 bridgehead atoms. The fraction of sp³-hybridized carbons (Fsp3) is 0.528. The molecule has 8 rings (SSSR count). The zero-order valence-electron chi connectivity index (χ0n) is 25.7. The van der Waals surface area contributed by atoms with Gasteiger partial charge in [-0.2, -0.15) is 9.97 Å². The highest BCUT2D eigenvalue weighted by Gasteiger charge is 2.45. The first-order valence-electron chi connectivity index (χ1n) is 16.8. The van der Waals surface area contributed by atoms with Gasteiger partial charge in [0.15, 0.2) is 0 Å². The number of nitrogens with one attached hydrogen (secondary N) is 1. The molecule has 4 saturated heterocycles. The second kappa shape index (κ2) is 11.0. The maximum atomic E-state index is 6.64. The van der Waals surface area contributed by atoms with Gasteiger partial charge in [0, 0.05) is 42.5 Å². The van der Waals surface area contributed by atoms with E-state index in [0.717, 1.165) is 54.8 Å². The Hall–Kier alpha value is -3.29. The molecule has 0 amide bonds. The zero-order chi connectivity index (χ0) is 29.0. The predicted octanol–water partition coefficient (Wildman–Crippen LogP) is 6.31. The van der Waals surface area contributed by atoms with E-state index in [1.54, 1.807) is 0 Å². The summed E-state index contributed by atoms with van der Waals surface area (Å²) in [5, 5.41) is 7.42. The number of rotatable bonds is 8.